The van der Waals surface area contributed by atoms with E-state index >= 15 is 0 Å². The van der Waals surface area contributed by atoms with Crippen molar-refractivity contribution in [1.82, 2.24) is 9.97 Å². The molecule has 1 heterocycles. The fourth-order valence-electron chi connectivity index (χ4n) is 1.97. The quantitative estimate of drug-likeness (QED) is 0.782. The van der Waals surface area contributed by atoms with Gasteiger partial charge < -0.3 is 10.2 Å². The van der Waals surface area contributed by atoms with Gasteiger partial charge in [0.15, 0.2) is 0 Å². The molecule has 0 atom stereocenters. The Morgan fingerprint density at radius 1 is 1.21 bits per heavy atom. The lowest BCUT2D eigenvalue weighted by molar-refractivity contribution is 0.613. The predicted molar refractivity (Wildman–Crippen MR) is 82.9 cm³/mol. The van der Waals surface area contributed by atoms with Crippen LogP contribution in [0, 0.1) is 5.92 Å². The fraction of sp³-hybridized carbons (Fsp3) is 0.733. The molecule has 0 spiro atoms. The zero-order valence-corrected chi connectivity index (χ0v) is 13.0. The van der Waals surface area contributed by atoms with Crippen molar-refractivity contribution in [2.75, 3.05) is 29.9 Å². The Kier molecular flexibility index (Phi) is 6.60. The van der Waals surface area contributed by atoms with E-state index in [9.17, 15) is 0 Å². The topological polar surface area (TPSA) is 41.0 Å². The summed E-state index contributed by atoms with van der Waals surface area (Å²) in [7, 11) is 0. The lowest BCUT2D eigenvalue weighted by Crippen LogP contribution is -2.28. The number of aryl methyl sites for hydroxylation is 1. The molecule has 108 valence electrons. The van der Waals surface area contributed by atoms with Gasteiger partial charge in [0, 0.05) is 32.1 Å². The number of anilines is 2. The normalized spacial score (nSPS) is 10.8. The van der Waals surface area contributed by atoms with E-state index in [1.807, 2.05) is 0 Å². The first kappa shape index (κ1) is 15.7. The second-order valence-electron chi connectivity index (χ2n) is 5.24. The molecule has 0 aromatic carbocycles. The van der Waals surface area contributed by atoms with Crippen molar-refractivity contribution in [3.8, 4) is 0 Å². The summed E-state index contributed by atoms with van der Waals surface area (Å²) < 4.78 is 0. The predicted octanol–water partition coefficient (Wildman–Crippen LogP) is 3.34. The van der Waals surface area contributed by atoms with Crippen molar-refractivity contribution in [3.63, 3.8) is 0 Å². The molecule has 0 aliphatic heterocycles. The highest BCUT2D eigenvalue weighted by Crippen LogP contribution is 2.17. The molecule has 1 rings (SSSR count). The lowest BCUT2D eigenvalue weighted by atomic mass is 10.2. The Bertz CT molecular complexity index is 376. The summed E-state index contributed by atoms with van der Waals surface area (Å²) in [6.45, 7) is 13.9. The van der Waals surface area contributed by atoms with Crippen molar-refractivity contribution in [1.29, 1.82) is 0 Å². The Labute approximate surface area is 117 Å². The molecule has 0 amide bonds. The van der Waals surface area contributed by atoms with Crippen LogP contribution in [0.15, 0.2) is 6.07 Å². The SMILES string of the molecule is CCCNc1cc(N(CC)CC(C)C)nc(CC)n1. The third-order valence-electron chi connectivity index (χ3n) is 2.92. The Morgan fingerprint density at radius 2 is 1.95 bits per heavy atom. The maximum Gasteiger partial charge on any atom is 0.134 e. The number of nitrogens with zero attached hydrogens (tertiary/aromatic N) is 3. The van der Waals surface area contributed by atoms with Gasteiger partial charge in [-0.2, -0.15) is 0 Å². The van der Waals surface area contributed by atoms with Gasteiger partial charge >= 0.3 is 0 Å². The summed E-state index contributed by atoms with van der Waals surface area (Å²) in [5, 5.41) is 3.36. The molecule has 0 aliphatic rings. The molecule has 1 N–H and O–H groups in total. The van der Waals surface area contributed by atoms with Gasteiger partial charge in [0.25, 0.3) is 0 Å². The van der Waals surface area contributed by atoms with Gasteiger partial charge in [-0.15, -0.1) is 0 Å². The zero-order valence-electron chi connectivity index (χ0n) is 13.0. The molecule has 4 heteroatoms. The third-order valence-corrected chi connectivity index (χ3v) is 2.92. The summed E-state index contributed by atoms with van der Waals surface area (Å²) in [6.07, 6.45) is 1.97. The number of hydrogen-bond acceptors (Lipinski definition) is 4. The van der Waals surface area contributed by atoms with Gasteiger partial charge in [-0.05, 0) is 19.3 Å². The molecule has 1 aromatic heterocycles. The smallest absolute Gasteiger partial charge is 0.134 e. The highest BCUT2D eigenvalue weighted by Gasteiger charge is 2.11. The summed E-state index contributed by atoms with van der Waals surface area (Å²) in [6, 6.07) is 2.07. The van der Waals surface area contributed by atoms with Crippen LogP contribution in [0.5, 0.6) is 0 Å². The van der Waals surface area contributed by atoms with Crippen molar-refractivity contribution >= 4 is 11.6 Å². The maximum atomic E-state index is 4.66. The van der Waals surface area contributed by atoms with E-state index in [-0.39, 0.29) is 0 Å². The average molecular weight is 264 g/mol. The van der Waals surface area contributed by atoms with Crippen LogP contribution in [0.3, 0.4) is 0 Å². The lowest BCUT2D eigenvalue weighted by Gasteiger charge is -2.24. The van der Waals surface area contributed by atoms with Crippen LogP contribution in [-0.4, -0.2) is 29.6 Å². The first-order chi connectivity index (χ1) is 9.10. The summed E-state index contributed by atoms with van der Waals surface area (Å²) in [5.74, 6) is 3.54. The maximum absolute atomic E-state index is 4.66. The van der Waals surface area contributed by atoms with Gasteiger partial charge in [0.1, 0.15) is 17.5 Å². The highest BCUT2D eigenvalue weighted by molar-refractivity contribution is 5.49. The Balaban J connectivity index is 2.96. The van der Waals surface area contributed by atoms with Crippen LogP contribution >= 0.6 is 0 Å². The van der Waals surface area contributed by atoms with Crippen LogP contribution in [0.4, 0.5) is 11.6 Å². The Hall–Kier alpha value is -1.32. The van der Waals surface area contributed by atoms with Crippen LogP contribution in [-0.2, 0) is 6.42 Å². The zero-order chi connectivity index (χ0) is 14.3. The van der Waals surface area contributed by atoms with Gasteiger partial charge in [0.2, 0.25) is 0 Å². The van der Waals surface area contributed by atoms with Gasteiger partial charge in [-0.25, -0.2) is 9.97 Å². The minimum Gasteiger partial charge on any atom is -0.370 e. The average Bonchev–Trinajstić information content (AvgIpc) is 2.41. The molecule has 19 heavy (non-hydrogen) atoms. The van der Waals surface area contributed by atoms with Crippen LogP contribution in [0.2, 0.25) is 0 Å². The van der Waals surface area contributed by atoms with E-state index in [1.165, 1.54) is 0 Å². The largest absolute Gasteiger partial charge is 0.370 e. The van der Waals surface area contributed by atoms with Crippen molar-refractivity contribution < 1.29 is 0 Å². The summed E-state index contributed by atoms with van der Waals surface area (Å²) >= 11 is 0. The molecule has 1 aromatic rings. The van der Waals surface area contributed by atoms with E-state index in [4.69, 9.17) is 0 Å². The first-order valence-corrected chi connectivity index (χ1v) is 7.47. The van der Waals surface area contributed by atoms with Gasteiger partial charge in [-0.1, -0.05) is 27.7 Å². The molecule has 0 aliphatic carbocycles. The monoisotopic (exact) mass is 264 g/mol. The second-order valence-corrected chi connectivity index (χ2v) is 5.24. The summed E-state index contributed by atoms with van der Waals surface area (Å²) in [4.78, 5) is 11.5. The van der Waals surface area contributed by atoms with E-state index in [1.54, 1.807) is 0 Å². The summed E-state index contributed by atoms with van der Waals surface area (Å²) in [5.41, 5.74) is 0. The molecule has 0 saturated heterocycles. The van der Waals surface area contributed by atoms with Crippen LogP contribution in [0.25, 0.3) is 0 Å². The van der Waals surface area contributed by atoms with Crippen molar-refractivity contribution in [2.45, 2.75) is 47.5 Å². The molecule has 0 fully saturated rings. The number of aromatic nitrogens is 2. The standard InChI is InChI=1S/C15H28N4/c1-6-9-16-14-10-15(18-13(7-2)17-14)19(8-3)11-12(4)5/h10,12H,6-9,11H2,1-5H3,(H,16,17,18). The number of hydrogen-bond donors (Lipinski definition) is 1. The second kappa shape index (κ2) is 7.97. The van der Waals surface area contributed by atoms with Gasteiger partial charge in [0.05, 0.1) is 0 Å². The first-order valence-electron chi connectivity index (χ1n) is 7.47. The molecule has 0 radical (unpaired) electrons. The third kappa shape index (κ3) is 5.05. The minimum atomic E-state index is 0.632. The van der Waals surface area contributed by atoms with E-state index in [0.29, 0.717) is 5.92 Å². The van der Waals surface area contributed by atoms with E-state index in [2.05, 4.69) is 60.9 Å². The molecular formula is C15H28N4. The molecule has 0 saturated carbocycles. The van der Waals surface area contributed by atoms with Crippen molar-refractivity contribution in [2.24, 2.45) is 5.92 Å². The van der Waals surface area contributed by atoms with Gasteiger partial charge in [-0.3, -0.25) is 0 Å². The van der Waals surface area contributed by atoms with E-state index in [0.717, 1.165) is 49.9 Å². The highest BCUT2D eigenvalue weighted by atomic mass is 15.2. The number of rotatable bonds is 8. The van der Waals surface area contributed by atoms with Crippen LogP contribution < -0.4 is 10.2 Å². The van der Waals surface area contributed by atoms with Crippen LogP contribution in [0.1, 0.15) is 46.9 Å². The molecular weight excluding hydrogens is 236 g/mol. The number of nitrogens with one attached hydrogen (secondary N) is 1. The molecule has 0 unspecified atom stereocenters. The van der Waals surface area contributed by atoms with E-state index < -0.39 is 0 Å². The molecule has 0 bridgehead atoms. The fourth-order valence-corrected chi connectivity index (χ4v) is 1.97. The molecule has 4 nitrogen and oxygen atoms in total. The minimum absolute atomic E-state index is 0.632. The van der Waals surface area contributed by atoms with Crippen molar-refractivity contribution in [3.05, 3.63) is 11.9 Å². The Morgan fingerprint density at radius 3 is 2.47 bits per heavy atom.